The van der Waals surface area contributed by atoms with Gasteiger partial charge in [-0.1, -0.05) is 24.8 Å². The van der Waals surface area contributed by atoms with Gasteiger partial charge in [-0.05, 0) is 42.9 Å². The van der Waals surface area contributed by atoms with Gasteiger partial charge in [0.2, 0.25) is 0 Å². The first kappa shape index (κ1) is 19.3. The number of carboxylic acids is 1. The summed E-state index contributed by atoms with van der Waals surface area (Å²) in [6.07, 6.45) is 1.69. The van der Waals surface area contributed by atoms with Gasteiger partial charge < -0.3 is 14.8 Å². The lowest BCUT2D eigenvalue weighted by Gasteiger charge is -2.16. The largest absolute Gasteiger partial charge is 0.490 e. The van der Waals surface area contributed by atoms with E-state index in [0.717, 1.165) is 11.3 Å². The van der Waals surface area contributed by atoms with E-state index in [0.29, 0.717) is 36.4 Å². The lowest BCUT2D eigenvalue weighted by atomic mass is 10.1. The highest BCUT2D eigenvalue weighted by atomic mass is 16.5. The fourth-order valence-electron chi connectivity index (χ4n) is 2.87. The number of carboxylic acid groups (broad SMARTS) is 1. The van der Waals surface area contributed by atoms with Crippen LogP contribution in [-0.4, -0.2) is 39.6 Å². The molecule has 0 atom stereocenters. The summed E-state index contributed by atoms with van der Waals surface area (Å²) in [6.45, 7) is 5.15. The van der Waals surface area contributed by atoms with Gasteiger partial charge in [-0.15, -0.1) is 0 Å². The van der Waals surface area contributed by atoms with Crippen LogP contribution in [0.3, 0.4) is 0 Å². The van der Waals surface area contributed by atoms with Crippen molar-refractivity contribution in [3.05, 3.63) is 82.4 Å². The third-order valence-electron chi connectivity index (χ3n) is 4.17. The number of aromatic carboxylic acids is 1. The molecule has 144 valence electrons. The molecule has 0 fully saturated rings. The van der Waals surface area contributed by atoms with E-state index in [1.54, 1.807) is 6.08 Å². The first-order chi connectivity index (χ1) is 13.5. The highest BCUT2D eigenvalue weighted by Crippen LogP contribution is 2.15. The Morgan fingerprint density at radius 1 is 1.25 bits per heavy atom. The molecule has 1 heterocycles. The van der Waals surface area contributed by atoms with Gasteiger partial charge in [-0.25, -0.2) is 9.78 Å². The van der Waals surface area contributed by atoms with Crippen molar-refractivity contribution in [2.24, 2.45) is 0 Å². The molecule has 0 spiro atoms. The van der Waals surface area contributed by atoms with Crippen molar-refractivity contribution in [2.75, 3.05) is 13.7 Å². The summed E-state index contributed by atoms with van der Waals surface area (Å²) < 4.78 is 5.47. The van der Waals surface area contributed by atoms with E-state index in [4.69, 9.17) is 9.84 Å². The number of carbonyl (C=O) groups is 1. The van der Waals surface area contributed by atoms with Gasteiger partial charge in [-0.3, -0.25) is 9.69 Å². The number of rotatable bonds is 8. The highest BCUT2D eigenvalue weighted by Gasteiger charge is 2.10. The van der Waals surface area contributed by atoms with Crippen LogP contribution in [0.25, 0.3) is 10.9 Å². The van der Waals surface area contributed by atoms with Gasteiger partial charge in [0.1, 0.15) is 18.2 Å². The van der Waals surface area contributed by atoms with Crippen molar-refractivity contribution < 1.29 is 14.6 Å². The predicted octanol–water partition coefficient (Wildman–Crippen LogP) is 2.82. The number of hydrogen-bond acceptors (Lipinski definition) is 5. The normalized spacial score (nSPS) is 10.9. The van der Waals surface area contributed by atoms with E-state index in [-0.39, 0.29) is 11.1 Å². The van der Waals surface area contributed by atoms with E-state index < -0.39 is 5.97 Å². The number of ether oxygens (including phenoxy) is 1. The molecule has 1 aromatic heterocycles. The number of nitrogens with zero attached hydrogens (tertiary/aromatic N) is 2. The van der Waals surface area contributed by atoms with Crippen LogP contribution in [0.2, 0.25) is 0 Å². The molecule has 0 saturated heterocycles. The maximum absolute atomic E-state index is 12.3. The van der Waals surface area contributed by atoms with Crippen LogP contribution < -0.4 is 10.3 Å². The summed E-state index contributed by atoms with van der Waals surface area (Å²) in [7, 11) is 1.92. The van der Waals surface area contributed by atoms with Crippen LogP contribution in [0.4, 0.5) is 0 Å². The first-order valence-electron chi connectivity index (χ1n) is 8.73. The van der Waals surface area contributed by atoms with Gasteiger partial charge in [0.15, 0.2) is 0 Å². The standard InChI is InChI=1S/C21H21N3O4/c1-3-10-28-16-7-4-14(5-8-16)12-24(2)13-19-22-18-11-15(21(26)27)6-9-17(18)20(25)23-19/h3-9,11H,1,10,12-13H2,2H3,(H,26,27)(H,22,23,25). The number of benzene rings is 2. The fraction of sp³-hybridized carbons (Fsp3) is 0.190. The Labute approximate surface area is 161 Å². The zero-order valence-corrected chi connectivity index (χ0v) is 15.5. The van der Waals surface area contributed by atoms with E-state index in [1.165, 1.54) is 18.2 Å². The van der Waals surface area contributed by atoms with Crippen molar-refractivity contribution in [3.63, 3.8) is 0 Å². The third kappa shape index (κ3) is 4.63. The van der Waals surface area contributed by atoms with E-state index >= 15 is 0 Å². The minimum Gasteiger partial charge on any atom is -0.490 e. The number of H-pyrrole nitrogens is 1. The number of fused-ring (bicyclic) bond motifs is 1. The van der Waals surface area contributed by atoms with Crippen LogP contribution in [0.1, 0.15) is 21.7 Å². The molecule has 3 aromatic rings. The van der Waals surface area contributed by atoms with Crippen molar-refractivity contribution in [1.82, 2.24) is 14.9 Å². The highest BCUT2D eigenvalue weighted by molar-refractivity contribution is 5.92. The summed E-state index contributed by atoms with van der Waals surface area (Å²) in [5, 5.41) is 9.49. The molecule has 7 heteroatoms. The molecule has 0 aliphatic heterocycles. The zero-order valence-electron chi connectivity index (χ0n) is 15.5. The van der Waals surface area contributed by atoms with Crippen molar-refractivity contribution in [1.29, 1.82) is 0 Å². The molecule has 0 saturated carbocycles. The van der Waals surface area contributed by atoms with Crippen molar-refractivity contribution in [2.45, 2.75) is 13.1 Å². The van der Waals surface area contributed by atoms with Crippen molar-refractivity contribution in [3.8, 4) is 5.75 Å². The van der Waals surface area contributed by atoms with Gasteiger partial charge in [-0.2, -0.15) is 0 Å². The lowest BCUT2D eigenvalue weighted by Crippen LogP contribution is -2.22. The first-order valence-corrected chi connectivity index (χ1v) is 8.73. The molecule has 0 bridgehead atoms. The number of aromatic nitrogens is 2. The molecule has 0 radical (unpaired) electrons. The Hall–Kier alpha value is -3.45. The van der Waals surface area contributed by atoms with E-state index in [1.807, 2.05) is 36.2 Å². The molecule has 0 aliphatic carbocycles. The summed E-state index contributed by atoms with van der Waals surface area (Å²) in [5.74, 6) is 0.206. The summed E-state index contributed by atoms with van der Waals surface area (Å²) in [5.41, 5.74) is 1.28. The Kier molecular flexibility index (Phi) is 5.86. The quantitative estimate of drug-likeness (QED) is 0.585. The van der Waals surface area contributed by atoms with Gasteiger partial charge in [0.05, 0.1) is 23.0 Å². The van der Waals surface area contributed by atoms with Gasteiger partial charge >= 0.3 is 5.97 Å². The molecular weight excluding hydrogens is 358 g/mol. The van der Waals surface area contributed by atoms with Crippen molar-refractivity contribution >= 4 is 16.9 Å². The maximum atomic E-state index is 12.3. The zero-order chi connectivity index (χ0) is 20.1. The maximum Gasteiger partial charge on any atom is 0.335 e. The van der Waals surface area contributed by atoms with E-state index in [9.17, 15) is 9.59 Å². The number of nitrogens with one attached hydrogen (secondary N) is 1. The monoisotopic (exact) mass is 379 g/mol. The van der Waals surface area contributed by atoms with Crippen LogP contribution in [-0.2, 0) is 13.1 Å². The molecule has 2 aromatic carbocycles. The lowest BCUT2D eigenvalue weighted by molar-refractivity contribution is 0.0697. The second kappa shape index (κ2) is 8.49. The summed E-state index contributed by atoms with van der Waals surface area (Å²) >= 11 is 0. The summed E-state index contributed by atoms with van der Waals surface area (Å²) in [4.78, 5) is 32.6. The average Bonchev–Trinajstić information content (AvgIpc) is 2.67. The molecular formula is C21H21N3O4. The van der Waals surface area contributed by atoms with Gasteiger partial charge in [0, 0.05) is 6.54 Å². The molecule has 0 unspecified atom stereocenters. The fourth-order valence-corrected chi connectivity index (χ4v) is 2.87. The Morgan fingerprint density at radius 2 is 2.00 bits per heavy atom. The SMILES string of the molecule is C=CCOc1ccc(CN(C)Cc2nc3cc(C(=O)O)ccc3c(=O)[nH]2)cc1. The molecule has 0 amide bonds. The van der Waals surface area contributed by atoms with Crippen LogP contribution >= 0.6 is 0 Å². The molecule has 0 aliphatic rings. The topological polar surface area (TPSA) is 95.5 Å². The molecule has 3 rings (SSSR count). The van der Waals surface area contributed by atoms with Crippen LogP contribution in [0.5, 0.6) is 5.75 Å². The minimum absolute atomic E-state index is 0.101. The second-order valence-electron chi connectivity index (χ2n) is 6.47. The van der Waals surface area contributed by atoms with Crippen LogP contribution in [0.15, 0.2) is 59.9 Å². The summed E-state index contributed by atoms with van der Waals surface area (Å²) in [6, 6.07) is 12.0. The average molecular weight is 379 g/mol. The molecule has 28 heavy (non-hydrogen) atoms. The predicted molar refractivity (Wildman–Crippen MR) is 107 cm³/mol. The Balaban J connectivity index is 1.73. The number of aromatic amines is 1. The Morgan fingerprint density at radius 3 is 2.68 bits per heavy atom. The second-order valence-corrected chi connectivity index (χ2v) is 6.47. The smallest absolute Gasteiger partial charge is 0.335 e. The van der Waals surface area contributed by atoms with E-state index in [2.05, 4.69) is 16.5 Å². The molecule has 2 N–H and O–H groups in total. The van der Waals surface area contributed by atoms with Crippen LogP contribution in [0, 0.1) is 0 Å². The molecule has 7 nitrogen and oxygen atoms in total. The third-order valence-corrected chi connectivity index (χ3v) is 4.17. The number of hydrogen-bond donors (Lipinski definition) is 2. The minimum atomic E-state index is -1.05. The van der Waals surface area contributed by atoms with Gasteiger partial charge in [0.25, 0.3) is 5.56 Å². The Bertz CT molecular complexity index is 1060.